The average Bonchev–Trinajstić information content (AvgIpc) is 1.84. The molecule has 0 saturated carbocycles. The Hall–Kier alpha value is -1.26. The monoisotopic (exact) mass is 132 g/mol. The summed E-state index contributed by atoms with van der Waals surface area (Å²) in [6, 6.07) is 0. The quantitative estimate of drug-likeness (QED) is 0.203. The normalized spacial score (nSPS) is 15.0. The van der Waals surface area contributed by atoms with E-state index < -0.39 is 11.9 Å². The second kappa shape index (κ2) is 2.91. The highest BCUT2D eigenvalue weighted by Gasteiger charge is 2.14. The van der Waals surface area contributed by atoms with Gasteiger partial charge in [-0.15, -0.1) is 0 Å². The summed E-state index contributed by atoms with van der Waals surface area (Å²) in [5.74, 6) is -2.32. The molecule has 0 fully saturated rings. The van der Waals surface area contributed by atoms with E-state index in [2.05, 4.69) is 5.16 Å². The predicted octanol–water partition coefficient (Wildman–Crippen LogP) is -0.546. The fraction of sp³-hybridized carbons (Fsp3) is 0.500. The molecule has 5 heteroatoms. The number of hydrogen-bond acceptors (Lipinski definition) is 3. The van der Waals surface area contributed by atoms with Crippen molar-refractivity contribution in [1.29, 1.82) is 0 Å². The summed E-state index contributed by atoms with van der Waals surface area (Å²) >= 11 is 0. The molecule has 1 unspecified atom stereocenters. The first kappa shape index (κ1) is 7.74. The lowest BCUT2D eigenvalue weighted by Crippen LogP contribution is -2.27. The van der Waals surface area contributed by atoms with E-state index in [1.165, 1.54) is 6.92 Å². The van der Waals surface area contributed by atoms with Crippen molar-refractivity contribution < 1.29 is 15.1 Å². The van der Waals surface area contributed by atoms with E-state index >= 15 is 0 Å². The number of rotatable bonds is 2. The Kier molecular flexibility index (Phi) is 2.50. The number of oxime groups is 1. The third kappa shape index (κ3) is 1.98. The van der Waals surface area contributed by atoms with Gasteiger partial charge < -0.3 is 16.0 Å². The van der Waals surface area contributed by atoms with Gasteiger partial charge in [-0.3, -0.25) is 4.79 Å². The van der Waals surface area contributed by atoms with Gasteiger partial charge in [0.1, 0.15) is 5.92 Å². The number of amidine groups is 1. The maximum Gasteiger partial charge on any atom is 0.314 e. The molecule has 0 spiro atoms. The first-order valence-corrected chi connectivity index (χ1v) is 2.29. The van der Waals surface area contributed by atoms with Gasteiger partial charge in [-0.2, -0.15) is 0 Å². The van der Waals surface area contributed by atoms with Crippen LogP contribution in [-0.4, -0.2) is 22.1 Å². The Balaban J connectivity index is 4.04. The van der Waals surface area contributed by atoms with Crippen molar-refractivity contribution in [3.05, 3.63) is 0 Å². The second-order valence-electron chi connectivity index (χ2n) is 1.58. The largest absolute Gasteiger partial charge is 0.481 e. The molecule has 0 aromatic carbocycles. The fourth-order valence-corrected chi connectivity index (χ4v) is 0.213. The van der Waals surface area contributed by atoms with E-state index in [9.17, 15) is 4.79 Å². The third-order valence-corrected chi connectivity index (χ3v) is 0.930. The minimum Gasteiger partial charge on any atom is -0.481 e. The molecule has 9 heavy (non-hydrogen) atoms. The number of carboxylic acids is 1. The molecule has 0 bridgehead atoms. The van der Waals surface area contributed by atoms with E-state index in [0.29, 0.717) is 0 Å². The van der Waals surface area contributed by atoms with Crippen LogP contribution in [0, 0.1) is 5.92 Å². The molecule has 0 aliphatic rings. The molecule has 4 N–H and O–H groups in total. The topological polar surface area (TPSA) is 95.9 Å². The third-order valence-electron chi connectivity index (χ3n) is 0.930. The summed E-state index contributed by atoms with van der Waals surface area (Å²) in [6.45, 7) is 1.33. The molecule has 0 aromatic heterocycles. The number of aliphatic carboxylic acids is 1. The van der Waals surface area contributed by atoms with E-state index in [1.807, 2.05) is 0 Å². The lowest BCUT2D eigenvalue weighted by Gasteiger charge is -2.00. The summed E-state index contributed by atoms with van der Waals surface area (Å²) in [6.07, 6.45) is 0. The minimum absolute atomic E-state index is 0.289. The molecular formula is C4H8N2O3. The van der Waals surface area contributed by atoms with Crippen molar-refractivity contribution in [2.75, 3.05) is 0 Å². The number of hydrogen-bond donors (Lipinski definition) is 3. The first-order valence-electron chi connectivity index (χ1n) is 2.29. The highest BCUT2D eigenvalue weighted by molar-refractivity contribution is 5.98. The van der Waals surface area contributed by atoms with Gasteiger partial charge in [0.05, 0.1) is 0 Å². The van der Waals surface area contributed by atoms with Gasteiger partial charge in [0.15, 0.2) is 5.84 Å². The summed E-state index contributed by atoms with van der Waals surface area (Å²) in [5, 5.41) is 18.7. The molecule has 0 amide bonds. The Bertz CT molecular complexity index is 143. The SMILES string of the molecule is CC(C(=O)O)/C(N)=N/O. The van der Waals surface area contributed by atoms with Crippen LogP contribution >= 0.6 is 0 Å². The van der Waals surface area contributed by atoms with Crippen LogP contribution in [0.4, 0.5) is 0 Å². The van der Waals surface area contributed by atoms with Crippen molar-refractivity contribution >= 4 is 11.8 Å². The summed E-state index contributed by atoms with van der Waals surface area (Å²) in [5.41, 5.74) is 4.94. The van der Waals surface area contributed by atoms with Crippen molar-refractivity contribution in [2.24, 2.45) is 16.8 Å². The zero-order chi connectivity index (χ0) is 7.44. The Morgan fingerprint density at radius 3 is 2.33 bits per heavy atom. The molecule has 0 heterocycles. The van der Waals surface area contributed by atoms with Gasteiger partial charge in [0.2, 0.25) is 0 Å². The van der Waals surface area contributed by atoms with Crippen LogP contribution in [-0.2, 0) is 4.79 Å². The number of carboxylic acid groups (broad SMARTS) is 1. The maximum atomic E-state index is 10.0. The predicted molar refractivity (Wildman–Crippen MR) is 30.2 cm³/mol. The smallest absolute Gasteiger partial charge is 0.314 e. The Morgan fingerprint density at radius 1 is 1.78 bits per heavy atom. The van der Waals surface area contributed by atoms with E-state index in [-0.39, 0.29) is 5.84 Å². The molecule has 1 atom stereocenters. The van der Waals surface area contributed by atoms with E-state index in [1.54, 1.807) is 0 Å². The summed E-state index contributed by atoms with van der Waals surface area (Å²) in [4.78, 5) is 10.0. The number of carbonyl (C=O) groups is 1. The van der Waals surface area contributed by atoms with Crippen molar-refractivity contribution in [2.45, 2.75) is 6.92 Å². The van der Waals surface area contributed by atoms with Gasteiger partial charge in [-0.05, 0) is 6.92 Å². The fourth-order valence-electron chi connectivity index (χ4n) is 0.213. The Morgan fingerprint density at radius 2 is 2.22 bits per heavy atom. The number of nitrogens with two attached hydrogens (primary N) is 1. The van der Waals surface area contributed by atoms with Crippen LogP contribution in [0.3, 0.4) is 0 Å². The highest BCUT2D eigenvalue weighted by atomic mass is 16.4. The van der Waals surface area contributed by atoms with Crippen LogP contribution < -0.4 is 5.73 Å². The molecule has 0 rings (SSSR count). The van der Waals surface area contributed by atoms with Crippen LogP contribution in [0.2, 0.25) is 0 Å². The van der Waals surface area contributed by atoms with Gasteiger partial charge >= 0.3 is 5.97 Å². The van der Waals surface area contributed by atoms with Gasteiger partial charge in [0, 0.05) is 0 Å². The molecule has 0 saturated heterocycles. The second-order valence-corrected chi connectivity index (χ2v) is 1.58. The molecule has 0 aliphatic heterocycles. The molecule has 5 nitrogen and oxygen atoms in total. The van der Waals surface area contributed by atoms with Gasteiger partial charge in [0.25, 0.3) is 0 Å². The standard InChI is InChI=1S/C4H8N2O3/c1-2(4(7)8)3(5)6-9/h2,9H,1H3,(H2,5,6)(H,7,8). The van der Waals surface area contributed by atoms with Crippen LogP contribution in [0.15, 0.2) is 5.16 Å². The molecule has 0 aromatic rings. The van der Waals surface area contributed by atoms with Crippen LogP contribution in [0.25, 0.3) is 0 Å². The van der Waals surface area contributed by atoms with Crippen LogP contribution in [0.1, 0.15) is 6.92 Å². The van der Waals surface area contributed by atoms with Crippen molar-refractivity contribution in [3.63, 3.8) is 0 Å². The van der Waals surface area contributed by atoms with E-state index in [0.717, 1.165) is 0 Å². The molecular weight excluding hydrogens is 124 g/mol. The Labute approximate surface area is 51.8 Å². The summed E-state index contributed by atoms with van der Waals surface area (Å²) in [7, 11) is 0. The van der Waals surface area contributed by atoms with Crippen molar-refractivity contribution in [1.82, 2.24) is 0 Å². The lowest BCUT2D eigenvalue weighted by atomic mass is 10.2. The van der Waals surface area contributed by atoms with Gasteiger partial charge in [-0.1, -0.05) is 5.16 Å². The first-order chi connectivity index (χ1) is 4.09. The zero-order valence-corrected chi connectivity index (χ0v) is 4.90. The minimum atomic E-state index is -1.11. The highest BCUT2D eigenvalue weighted by Crippen LogP contribution is 1.92. The van der Waals surface area contributed by atoms with Crippen molar-refractivity contribution in [3.8, 4) is 0 Å². The number of nitrogens with zero attached hydrogens (tertiary/aromatic N) is 1. The summed E-state index contributed by atoms with van der Waals surface area (Å²) < 4.78 is 0. The average molecular weight is 132 g/mol. The van der Waals surface area contributed by atoms with Gasteiger partial charge in [-0.25, -0.2) is 0 Å². The van der Waals surface area contributed by atoms with Crippen LogP contribution in [0.5, 0.6) is 0 Å². The molecule has 0 radical (unpaired) electrons. The molecule has 52 valence electrons. The molecule has 0 aliphatic carbocycles. The zero-order valence-electron chi connectivity index (χ0n) is 4.90. The van der Waals surface area contributed by atoms with E-state index in [4.69, 9.17) is 16.0 Å². The maximum absolute atomic E-state index is 10.0. The lowest BCUT2D eigenvalue weighted by molar-refractivity contribution is -0.138.